The lowest BCUT2D eigenvalue weighted by Crippen LogP contribution is -2.48. The molecule has 1 amide bonds. The Morgan fingerprint density at radius 1 is 1.45 bits per heavy atom. The van der Waals surface area contributed by atoms with E-state index >= 15 is 0 Å². The summed E-state index contributed by atoms with van der Waals surface area (Å²) in [4.78, 5) is 14.5. The van der Waals surface area contributed by atoms with Gasteiger partial charge in [-0.2, -0.15) is 0 Å². The number of hydrogen-bond donors (Lipinski definition) is 1. The van der Waals surface area contributed by atoms with Crippen LogP contribution in [0.3, 0.4) is 0 Å². The minimum absolute atomic E-state index is 0.164. The van der Waals surface area contributed by atoms with Crippen molar-refractivity contribution in [3.63, 3.8) is 0 Å². The lowest BCUT2D eigenvalue weighted by atomic mass is 9.97. The van der Waals surface area contributed by atoms with E-state index in [1.165, 1.54) is 0 Å². The summed E-state index contributed by atoms with van der Waals surface area (Å²) in [5, 5.41) is 4.07. The molecule has 2 heterocycles. The molecule has 0 aliphatic carbocycles. The second kappa shape index (κ2) is 6.39. The second-order valence-corrected chi connectivity index (χ2v) is 5.64. The van der Waals surface area contributed by atoms with Crippen molar-refractivity contribution in [2.45, 2.75) is 65.0 Å². The molecule has 20 heavy (non-hydrogen) atoms. The van der Waals surface area contributed by atoms with Gasteiger partial charge >= 0.3 is 0 Å². The number of piperidine rings is 1. The van der Waals surface area contributed by atoms with E-state index in [4.69, 9.17) is 10.3 Å². The molecule has 2 N–H and O–H groups in total. The zero-order valence-electron chi connectivity index (χ0n) is 12.7. The van der Waals surface area contributed by atoms with Gasteiger partial charge in [-0.3, -0.25) is 4.79 Å². The van der Waals surface area contributed by atoms with Gasteiger partial charge in [-0.05, 0) is 26.2 Å². The average molecular weight is 279 g/mol. The molecule has 1 aromatic heterocycles. The largest absolute Gasteiger partial charge is 0.361 e. The molecule has 112 valence electrons. The first-order valence-corrected chi connectivity index (χ1v) is 7.58. The predicted molar refractivity (Wildman–Crippen MR) is 77.3 cm³/mol. The van der Waals surface area contributed by atoms with Crippen LogP contribution in [0, 0.1) is 0 Å². The van der Waals surface area contributed by atoms with Gasteiger partial charge in [0.05, 0.1) is 12.1 Å². The highest BCUT2D eigenvalue weighted by Crippen LogP contribution is 2.21. The molecule has 2 atom stereocenters. The van der Waals surface area contributed by atoms with Crippen molar-refractivity contribution in [3.05, 3.63) is 17.0 Å². The fourth-order valence-electron chi connectivity index (χ4n) is 2.97. The van der Waals surface area contributed by atoms with E-state index in [0.29, 0.717) is 6.42 Å². The molecule has 5 heteroatoms. The van der Waals surface area contributed by atoms with E-state index in [-0.39, 0.29) is 18.0 Å². The minimum Gasteiger partial charge on any atom is -0.361 e. The molecule has 0 bridgehead atoms. The maximum Gasteiger partial charge on any atom is 0.227 e. The Balaban J connectivity index is 2.09. The maximum atomic E-state index is 12.5. The van der Waals surface area contributed by atoms with Gasteiger partial charge in [0, 0.05) is 30.6 Å². The average Bonchev–Trinajstić information content (AvgIpc) is 2.80. The Labute approximate surface area is 120 Å². The van der Waals surface area contributed by atoms with Crippen molar-refractivity contribution in [3.8, 4) is 0 Å². The number of rotatable bonds is 4. The van der Waals surface area contributed by atoms with Crippen molar-refractivity contribution < 1.29 is 9.32 Å². The molecule has 0 radical (unpaired) electrons. The lowest BCUT2D eigenvalue weighted by molar-refractivity contribution is -0.133. The maximum absolute atomic E-state index is 12.5. The van der Waals surface area contributed by atoms with Gasteiger partial charge in [0.1, 0.15) is 5.76 Å². The fraction of sp³-hybridized carbons (Fsp3) is 0.733. The van der Waals surface area contributed by atoms with Crippen molar-refractivity contribution in [1.29, 1.82) is 0 Å². The van der Waals surface area contributed by atoms with Crippen LogP contribution in [0.5, 0.6) is 0 Å². The standard InChI is InChI=1S/C15H25N3O2/c1-4-13-12(14(5-2)20-17-13)9-15(19)18-7-6-11(16)8-10(18)3/h10-11H,4-9,16H2,1-3H3/t10-,11-/m0/s1. The van der Waals surface area contributed by atoms with Crippen molar-refractivity contribution in [2.24, 2.45) is 5.73 Å². The van der Waals surface area contributed by atoms with Gasteiger partial charge in [0.2, 0.25) is 5.91 Å². The third-order valence-corrected chi connectivity index (χ3v) is 4.17. The predicted octanol–water partition coefficient (Wildman–Crippen LogP) is 1.68. The van der Waals surface area contributed by atoms with Crippen LogP contribution in [0.25, 0.3) is 0 Å². The molecule has 0 spiro atoms. The normalized spacial score (nSPS) is 23.1. The van der Waals surface area contributed by atoms with Crippen LogP contribution in [0.1, 0.15) is 50.6 Å². The molecule has 0 aromatic carbocycles. The number of nitrogens with zero attached hydrogens (tertiary/aromatic N) is 2. The summed E-state index contributed by atoms with van der Waals surface area (Å²) in [6, 6.07) is 0.448. The van der Waals surface area contributed by atoms with E-state index in [9.17, 15) is 4.79 Å². The summed E-state index contributed by atoms with van der Waals surface area (Å²) in [7, 11) is 0. The van der Waals surface area contributed by atoms with Crippen LogP contribution >= 0.6 is 0 Å². The first kappa shape index (κ1) is 15.0. The zero-order chi connectivity index (χ0) is 14.7. The highest BCUT2D eigenvalue weighted by molar-refractivity contribution is 5.79. The molecule has 0 unspecified atom stereocenters. The number of carbonyl (C=O) groups excluding carboxylic acids is 1. The molecule has 5 nitrogen and oxygen atoms in total. The second-order valence-electron chi connectivity index (χ2n) is 5.64. The smallest absolute Gasteiger partial charge is 0.227 e. The summed E-state index contributed by atoms with van der Waals surface area (Å²) < 4.78 is 5.33. The molecule has 1 aromatic rings. The molecule has 0 saturated carbocycles. The summed E-state index contributed by atoms with van der Waals surface area (Å²) >= 11 is 0. The Morgan fingerprint density at radius 3 is 2.80 bits per heavy atom. The highest BCUT2D eigenvalue weighted by atomic mass is 16.5. The van der Waals surface area contributed by atoms with Crippen LogP contribution < -0.4 is 5.73 Å². The SMILES string of the molecule is CCc1noc(CC)c1CC(=O)N1CC[C@H](N)C[C@@H]1C. The fourth-order valence-corrected chi connectivity index (χ4v) is 2.97. The van der Waals surface area contributed by atoms with Crippen molar-refractivity contribution in [1.82, 2.24) is 10.1 Å². The molecule has 1 aliphatic heterocycles. The summed E-state index contributed by atoms with van der Waals surface area (Å²) in [5.74, 6) is 1.01. The van der Waals surface area contributed by atoms with Gasteiger partial charge in [0.15, 0.2) is 0 Å². The Kier molecular flexibility index (Phi) is 4.81. The monoisotopic (exact) mass is 279 g/mol. The number of nitrogens with two attached hydrogens (primary N) is 1. The van der Waals surface area contributed by atoms with Crippen LogP contribution in [0.4, 0.5) is 0 Å². The zero-order valence-corrected chi connectivity index (χ0v) is 12.7. The van der Waals surface area contributed by atoms with E-state index < -0.39 is 0 Å². The molecule has 1 saturated heterocycles. The number of aryl methyl sites for hydroxylation is 2. The number of likely N-dealkylation sites (tertiary alicyclic amines) is 1. The van der Waals surface area contributed by atoms with E-state index in [2.05, 4.69) is 12.1 Å². The third-order valence-electron chi connectivity index (χ3n) is 4.17. The minimum atomic E-state index is 0.164. The molecule has 1 aliphatic rings. The van der Waals surface area contributed by atoms with Crippen molar-refractivity contribution in [2.75, 3.05) is 6.54 Å². The van der Waals surface area contributed by atoms with Crippen LogP contribution in [-0.4, -0.2) is 34.6 Å². The van der Waals surface area contributed by atoms with Gasteiger partial charge in [-0.15, -0.1) is 0 Å². The quantitative estimate of drug-likeness (QED) is 0.910. The topological polar surface area (TPSA) is 72.4 Å². The van der Waals surface area contributed by atoms with Gasteiger partial charge in [0.25, 0.3) is 0 Å². The van der Waals surface area contributed by atoms with Gasteiger partial charge in [-0.25, -0.2) is 0 Å². The lowest BCUT2D eigenvalue weighted by Gasteiger charge is -2.36. The Morgan fingerprint density at radius 2 is 2.20 bits per heavy atom. The number of hydrogen-bond acceptors (Lipinski definition) is 4. The van der Waals surface area contributed by atoms with Gasteiger partial charge < -0.3 is 15.2 Å². The summed E-state index contributed by atoms with van der Waals surface area (Å²) in [6.45, 7) is 6.89. The van der Waals surface area contributed by atoms with Crippen LogP contribution in [-0.2, 0) is 24.1 Å². The van der Waals surface area contributed by atoms with Gasteiger partial charge in [-0.1, -0.05) is 19.0 Å². The summed E-state index contributed by atoms with van der Waals surface area (Å²) in [6.07, 6.45) is 3.75. The number of amides is 1. The number of carbonyl (C=O) groups is 1. The first-order chi connectivity index (χ1) is 9.56. The molecule has 1 fully saturated rings. The Hall–Kier alpha value is -1.36. The van der Waals surface area contributed by atoms with E-state index in [1.807, 2.05) is 18.7 Å². The molecular weight excluding hydrogens is 254 g/mol. The highest BCUT2D eigenvalue weighted by Gasteiger charge is 2.28. The molecule has 2 rings (SSSR count). The van der Waals surface area contributed by atoms with E-state index in [0.717, 1.165) is 49.2 Å². The summed E-state index contributed by atoms with van der Waals surface area (Å²) in [5.41, 5.74) is 7.85. The first-order valence-electron chi connectivity index (χ1n) is 7.58. The van der Waals surface area contributed by atoms with Crippen LogP contribution in [0.2, 0.25) is 0 Å². The molecular formula is C15H25N3O2. The Bertz CT molecular complexity index is 448. The third kappa shape index (κ3) is 3.03. The van der Waals surface area contributed by atoms with E-state index in [1.54, 1.807) is 0 Å². The number of aromatic nitrogens is 1. The van der Waals surface area contributed by atoms with Crippen LogP contribution in [0.15, 0.2) is 4.52 Å². The van der Waals surface area contributed by atoms with Crippen molar-refractivity contribution >= 4 is 5.91 Å².